The zero-order valence-corrected chi connectivity index (χ0v) is 13.3. The topological polar surface area (TPSA) is 44.8 Å². The number of hydrogen-bond acceptors (Lipinski definition) is 4. The third-order valence-corrected chi connectivity index (χ3v) is 3.53. The van der Waals surface area contributed by atoms with Gasteiger partial charge in [0.1, 0.15) is 12.8 Å². The quantitative estimate of drug-likeness (QED) is 0.247. The fourth-order valence-corrected chi connectivity index (χ4v) is 2.53. The molecule has 0 fully saturated rings. The average molecular weight is 418 g/mol. The summed E-state index contributed by atoms with van der Waals surface area (Å²) in [6.07, 6.45) is -27.8. The molecule has 0 aliphatic carbocycles. The second-order valence-electron chi connectivity index (χ2n) is 4.68. The van der Waals surface area contributed by atoms with Crippen LogP contribution in [0.2, 0.25) is 0 Å². The summed E-state index contributed by atoms with van der Waals surface area (Å²) in [4.78, 5) is 0. The lowest BCUT2D eigenvalue weighted by molar-refractivity contribution is -0.284. The highest BCUT2D eigenvalue weighted by atomic mass is 31.2. The van der Waals surface area contributed by atoms with Gasteiger partial charge in [-0.15, -0.1) is 0 Å². The van der Waals surface area contributed by atoms with Crippen LogP contribution in [0.1, 0.15) is 32.6 Å². The Morgan fingerprint density at radius 3 is 1.40 bits per heavy atom. The summed E-state index contributed by atoms with van der Waals surface area (Å²) in [5.74, 6) is 0. The highest BCUT2D eigenvalue weighted by molar-refractivity contribution is 7.48. The second-order valence-corrected chi connectivity index (χ2v) is 6.19. The van der Waals surface area contributed by atoms with Crippen LogP contribution in [-0.2, 0) is 18.1 Å². The number of rotatable bonds is 10. The molecular weight excluding hydrogens is 405 g/mol. The van der Waals surface area contributed by atoms with E-state index in [-0.39, 0.29) is 12.8 Å². The minimum Gasteiger partial charge on any atom is -0.287 e. The van der Waals surface area contributed by atoms with Crippen LogP contribution in [0.25, 0.3) is 0 Å². The first-order chi connectivity index (χ1) is 10.9. The van der Waals surface area contributed by atoms with Gasteiger partial charge in [-0.1, -0.05) is 13.3 Å². The van der Waals surface area contributed by atoms with E-state index in [1.807, 2.05) is 0 Å². The number of unbranched alkanes of at least 4 members (excludes halogenated alkanes) is 1. The van der Waals surface area contributed by atoms with Crippen LogP contribution in [0.4, 0.5) is 43.9 Å². The lowest BCUT2D eigenvalue weighted by Gasteiger charge is -2.27. The lowest BCUT2D eigenvalue weighted by atomic mass is 10.4. The number of phosphoric acid groups is 1. The summed E-state index contributed by atoms with van der Waals surface area (Å²) < 4.78 is 146. The van der Waals surface area contributed by atoms with Crippen LogP contribution in [0.3, 0.4) is 0 Å². The monoisotopic (exact) mass is 418 g/mol. The van der Waals surface area contributed by atoms with Crippen molar-refractivity contribution >= 4 is 7.82 Å². The first-order valence-corrected chi connectivity index (χ1v) is 7.90. The Labute approximate surface area is 135 Å². The van der Waals surface area contributed by atoms with Crippen molar-refractivity contribution in [1.29, 1.82) is 0 Å². The van der Waals surface area contributed by atoms with Gasteiger partial charge in [-0.3, -0.25) is 4.52 Å². The van der Waals surface area contributed by atoms with Crippen molar-refractivity contribution in [2.24, 2.45) is 0 Å². The molecule has 0 bridgehead atoms. The number of hydrogen-bond donors (Lipinski definition) is 0. The average Bonchev–Trinajstić information content (AvgIpc) is 2.18. The molecule has 0 aliphatic heterocycles. The van der Waals surface area contributed by atoms with E-state index in [2.05, 4.69) is 13.6 Å². The molecule has 15 heteroatoms. The molecule has 0 radical (unpaired) electrons. The first-order valence-electron chi connectivity index (χ1n) is 6.44. The van der Waals surface area contributed by atoms with E-state index in [1.54, 1.807) is 0 Å². The molecule has 0 amide bonds. The van der Waals surface area contributed by atoms with Crippen LogP contribution >= 0.6 is 7.82 Å². The summed E-state index contributed by atoms with van der Waals surface area (Å²) in [7, 11) is -6.16. The zero-order chi connectivity index (χ0) is 20.2. The Morgan fingerprint density at radius 1 is 0.760 bits per heavy atom. The van der Waals surface area contributed by atoms with Gasteiger partial charge in [0.05, 0.1) is 6.61 Å². The molecule has 0 aromatic heterocycles. The molecule has 0 N–H and O–H groups in total. The van der Waals surface area contributed by atoms with Crippen LogP contribution < -0.4 is 0 Å². The molecule has 25 heavy (non-hydrogen) atoms. The fraction of sp³-hybridized carbons (Fsp3) is 1.00. The number of halogens is 10. The third kappa shape index (κ3) is 12.4. The molecule has 0 aromatic carbocycles. The van der Waals surface area contributed by atoms with Crippen LogP contribution in [0.5, 0.6) is 0 Å². The lowest BCUT2D eigenvalue weighted by Crippen LogP contribution is -2.32. The van der Waals surface area contributed by atoms with Gasteiger partial charge >= 0.3 is 32.4 Å². The van der Waals surface area contributed by atoms with Crippen molar-refractivity contribution in [3.63, 3.8) is 0 Å². The molecule has 0 aromatic rings. The van der Waals surface area contributed by atoms with Gasteiger partial charge in [0.25, 0.3) is 0 Å². The molecule has 0 heterocycles. The molecule has 0 unspecified atom stereocenters. The Bertz CT molecular complexity index is 428. The van der Waals surface area contributed by atoms with E-state index in [0.29, 0.717) is 0 Å². The van der Waals surface area contributed by atoms with Gasteiger partial charge in [0.2, 0.25) is 0 Å². The largest absolute Gasteiger partial charge is 0.484 e. The predicted molar refractivity (Wildman–Crippen MR) is 61.9 cm³/mol. The van der Waals surface area contributed by atoms with E-state index < -0.39 is 51.8 Å². The van der Waals surface area contributed by atoms with Gasteiger partial charge in [-0.25, -0.2) is 13.6 Å². The normalized spacial score (nSPS) is 14.8. The summed E-state index contributed by atoms with van der Waals surface area (Å²) in [5.41, 5.74) is 0. The van der Waals surface area contributed by atoms with Crippen LogP contribution in [0.15, 0.2) is 0 Å². The molecule has 152 valence electrons. The van der Waals surface area contributed by atoms with E-state index >= 15 is 0 Å². The van der Waals surface area contributed by atoms with E-state index in [0.717, 1.165) is 0 Å². The fourth-order valence-electron chi connectivity index (χ4n) is 1.25. The van der Waals surface area contributed by atoms with Crippen molar-refractivity contribution in [2.45, 2.75) is 57.2 Å². The number of alkyl halides is 10. The van der Waals surface area contributed by atoms with Gasteiger partial charge in [-0.05, 0) is 6.42 Å². The third-order valence-electron chi connectivity index (χ3n) is 2.05. The maximum atomic E-state index is 13.1. The number of phosphoric ester groups is 1. The van der Waals surface area contributed by atoms with Gasteiger partial charge in [-0.2, -0.15) is 43.9 Å². The zero-order valence-electron chi connectivity index (χ0n) is 12.4. The molecule has 0 aliphatic rings. The molecule has 0 atom stereocenters. The van der Waals surface area contributed by atoms with E-state index in [9.17, 15) is 48.5 Å². The van der Waals surface area contributed by atoms with E-state index in [4.69, 9.17) is 0 Å². The van der Waals surface area contributed by atoms with Crippen molar-refractivity contribution in [2.75, 3.05) is 6.61 Å². The summed E-state index contributed by atoms with van der Waals surface area (Å²) >= 11 is 0. The Hall–Kier alpha value is -0.590. The Balaban J connectivity index is 5.33. The Morgan fingerprint density at radius 2 is 1.12 bits per heavy atom. The molecule has 4 nitrogen and oxygen atoms in total. The smallest absolute Gasteiger partial charge is 0.287 e. The highest BCUT2D eigenvalue weighted by Gasteiger charge is 2.55. The maximum Gasteiger partial charge on any atom is 0.484 e. The minimum atomic E-state index is -6.16. The minimum absolute atomic E-state index is 0.105. The summed E-state index contributed by atoms with van der Waals surface area (Å²) in [5, 5.41) is 0. The first kappa shape index (κ1) is 24.4. The summed E-state index contributed by atoms with van der Waals surface area (Å²) in [6, 6.07) is 0. The van der Waals surface area contributed by atoms with Crippen LogP contribution in [-0.4, -0.2) is 31.2 Å². The molecule has 0 saturated heterocycles. The molecule has 0 rings (SSSR count). The Kier molecular flexibility index (Phi) is 8.20. The van der Waals surface area contributed by atoms with Crippen molar-refractivity contribution in [3.05, 3.63) is 0 Å². The molecule has 0 saturated carbocycles. The molecular formula is C10H13F10O4P. The SMILES string of the molecule is CCCCOP(=O)(OC(F)(F)CC(F)(F)F)OC(F)(F)CC(F)(F)F. The summed E-state index contributed by atoms with van der Waals surface area (Å²) in [6.45, 7) is 0.629. The van der Waals surface area contributed by atoms with Crippen molar-refractivity contribution in [1.82, 2.24) is 0 Å². The predicted octanol–water partition coefficient (Wildman–Crippen LogP) is 6.03. The second kappa shape index (κ2) is 8.40. The van der Waals surface area contributed by atoms with Gasteiger partial charge in [0, 0.05) is 0 Å². The van der Waals surface area contributed by atoms with Crippen molar-refractivity contribution in [3.8, 4) is 0 Å². The maximum absolute atomic E-state index is 13.1. The van der Waals surface area contributed by atoms with Crippen molar-refractivity contribution < 1.29 is 62.0 Å². The van der Waals surface area contributed by atoms with Gasteiger partial charge in [0.15, 0.2) is 0 Å². The van der Waals surface area contributed by atoms with Crippen LogP contribution in [0, 0.1) is 0 Å². The molecule has 0 spiro atoms. The standard InChI is InChI=1S/C10H13F10O4P/c1-2-3-4-22-25(21,23-9(17,18)5-7(11,12)13)24-10(19,20)6-8(14,15)16/h2-6H2,1H3. The highest BCUT2D eigenvalue weighted by Crippen LogP contribution is 2.59. The van der Waals surface area contributed by atoms with Gasteiger partial charge < -0.3 is 0 Å². The van der Waals surface area contributed by atoms with E-state index in [1.165, 1.54) is 6.92 Å².